The fraction of sp³-hybridized carbons (Fsp3) is 0.238. The number of pyridine rings is 1. The molecule has 0 aliphatic heterocycles. The molecule has 2 heterocycles. The van der Waals surface area contributed by atoms with E-state index in [-0.39, 0.29) is 0 Å². The zero-order chi connectivity index (χ0) is 17.1. The van der Waals surface area contributed by atoms with Gasteiger partial charge in [-0.25, -0.2) is 4.98 Å². The molecule has 0 aliphatic rings. The summed E-state index contributed by atoms with van der Waals surface area (Å²) in [6.07, 6.45) is 1.75. The number of aromatic nitrogens is 2. The minimum atomic E-state index is 0.712. The van der Waals surface area contributed by atoms with Gasteiger partial charge in [-0.3, -0.25) is 0 Å². The molecule has 3 rings (SSSR count). The molecule has 24 heavy (non-hydrogen) atoms. The first-order chi connectivity index (χ1) is 11.6. The summed E-state index contributed by atoms with van der Waals surface area (Å²) in [7, 11) is 0. The molecule has 0 amide bonds. The largest absolute Gasteiger partial charge is 0.303 e. The van der Waals surface area contributed by atoms with Gasteiger partial charge in [0.25, 0.3) is 0 Å². The van der Waals surface area contributed by atoms with E-state index in [4.69, 9.17) is 10.2 Å². The predicted octanol–water partition coefficient (Wildman–Crippen LogP) is 4.45. The van der Waals surface area contributed by atoms with Gasteiger partial charge >= 0.3 is 0 Å². The Morgan fingerprint density at radius 2 is 1.71 bits per heavy atom. The summed E-state index contributed by atoms with van der Waals surface area (Å²) in [5, 5.41) is 9.01. The standard InChI is InChI=1S/C21H21N3/c1-15-11-20(10-9-18-5-4-6-19(13-18)14-22)23-21(12-15)24-16(2)7-8-17(24)3/h4-8,11-13H,9-10H2,1-3H3. The molecule has 0 saturated carbocycles. The van der Waals surface area contributed by atoms with Crippen LogP contribution < -0.4 is 0 Å². The maximum absolute atomic E-state index is 9.01. The molecule has 0 bridgehead atoms. The smallest absolute Gasteiger partial charge is 0.137 e. The van der Waals surface area contributed by atoms with Gasteiger partial charge in [-0.2, -0.15) is 5.26 Å². The molecule has 0 aliphatic carbocycles. The van der Waals surface area contributed by atoms with Crippen LogP contribution in [0.3, 0.4) is 0 Å². The van der Waals surface area contributed by atoms with E-state index in [2.05, 4.69) is 61.7 Å². The molecule has 0 spiro atoms. The predicted molar refractivity (Wildman–Crippen MR) is 96.3 cm³/mol. The lowest BCUT2D eigenvalue weighted by atomic mass is 10.0. The highest BCUT2D eigenvalue weighted by Crippen LogP contribution is 2.17. The van der Waals surface area contributed by atoms with E-state index in [0.29, 0.717) is 5.56 Å². The van der Waals surface area contributed by atoms with Crippen molar-refractivity contribution in [3.63, 3.8) is 0 Å². The second kappa shape index (κ2) is 6.72. The summed E-state index contributed by atoms with van der Waals surface area (Å²) >= 11 is 0. The number of aryl methyl sites for hydroxylation is 5. The van der Waals surface area contributed by atoms with Gasteiger partial charge in [0.15, 0.2) is 0 Å². The summed E-state index contributed by atoms with van der Waals surface area (Å²) in [4.78, 5) is 4.85. The van der Waals surface area contributed by atoms with Gasteiger partial charge < -0.3 is 4.57 Å². The SMILES string of the molecule is Cc1cc(CCc2cccc(C#N)c2)nc(-n2c(C)ccc2C)c1. The van der Waals surface area contributed by atoms with Crippen molar-refractivity contribution in [3.8, 4) is 11.9 Å². The highest BCUT2D eigenvalue weighted by Gasteiger charge is 2.08. The summed E-state index contributed by atoms with van der Waals surface area (Å²) in [6.45, 7) is 6.31. The van der Waals surface area contributed by atoms with Gasteiger partial charge in [0.2, 0.25) is 0 Å². The first kappa shape index (κ1) is 16.0. The van der Waals surface area contributed by atoms with Crippen molar-refractivity contribution < 1.29 is 0 Å². The van der Waals surface area contributed by atoms with Crippen LogP contribution >= 0.6 is 0 Å². The molecule has 3 heteroatoms. The van der Waals surface area contributed by atoms with Gasteiger partial charge in [0, 0.05) is 17.1 Å². The first-order valence-corrected chi connectivity index (χ1v) is 8.19. The molecule has 0 saturated heterocycles. The Balaban J connectivity index is 1.85. The average Bonchev–Trinajstić information content (AvgIpc) is 2.91. The van der Waals surface area contributed by atoms with Crippen molar-refractivity contribution in [1.29, 1.82) is 5.26 Å². The summed E-state index contributed by atoms with van der Waals surface area (Å²) in [6, 6.07) is 18.5. The van der Waals surface area contributed by atoms with Crippen LogP contribution in [0.15, 0.2) is 48.5 Å². The normalized spacial score (nSPS) is 10.6. The van der Waals surface area contributed by atoms with Crippen LogP contribution in [-0.4, -0.2) is 9.55 Å². The molecule has 120 valence electrons. The zero-order valence-corrected chi connectivity index (χ0v) is 14.4. The Kier molecular flexibility index (Phi) is 4.48. The van der Waals surface area contributed by atoms with Crippen LogP contribution in [0.1, 0.15) is 33.8 Å². The number of hydrogen-bond acceptors (Lipinski definition) is 2. The Morgan fingerprint density at radius 1 is 0.958 bits per heavy atom. The minimum absolute atomic E-state index is 0.712. The molecule has 0 unspecified atom stereocenters. The van der Waals surface area contributed by atoms with Crippen LogP contribution in [0.4, 0.5) is 0 Å². The van der Waals surface area contributed by atoms with E-state index in [1.54, 1.807) is 0 Å². The average molecular weight is 315 g/mol. The third-order valence-electron chi connectivity index (χ3n) is 4.24. The van der Waals surface area contributed by atoms with Crippen LogP contribution in [0.2, 0.25) is 0 Å². The van der Waals surface area contributed by atoms with Crippen LogP contribution in [-0.2, 0) is 12.8 Å². The van der Waals surface area contributed by atoms with Crippen LogP contribution in [0.5, 0.6) is 0 Å². The minimum Gasteiger partial charge on any atom is -0.303 e. The van der Waals surface area contributed by atoms with Crippen molar-refractivity contribution in [1.82, 2.24) is 9.55 Å². The third-order valence-corrected chi connectivity index (χ3v) is 4.24. The maximum atomic E-state index is 9.01. The molecule has 0 N–H and O–H groups in total. The molecular formula is C21H21N3. The van der Waals surface area contributed by atoms with E-state index in [1.807, 2.05) is 18.2 Å². The lowest BCUT2D eigenvalue weighted by molar-refractivity contribution is 0.861. The van der Waals surface area contributed by atoms with Crippen molar-refractivity contribution in [3.05, 3.63) is 82.3 Å². The van der Waals surface area contributed by atoms with Gasteiger partial charge in [0.05, 0.1) is 11.6 Å². The summed E-state index contributed by atoms with van der Waals surface area (Å²) in [5.74, 6) is 0.982. The third kappa shape index (κ3) is 3.38. The van der Waals surface area contributed by atoms with Crippen LogP contribution in [0.25, 0.3) is 5.82 Å². The zero-order valence-electron chi connectivity index (χ0n) is 14.4. The van der Waals surface area contributed by atoms with Gasteiger partial charge in [-0.05, 0) is 81.1 Å². The molecule has 2 aromatic heterocycles. The lowest BCUT2D eigenvalue weighted by Gasteiger charge is -2.12. The van der Waals surface area contributed by atoms with E-state index < -0.39 is 0 Å². The van der Waals surface area contributed by atoms with Crippen molar-refractivity contribution in [2.75, 3.05) is 0 Å². The molecule has 3 nitrogen and oxygen atoms in total. The van der Waals surface area contributed by atoms with Crippen LogP contribution in [0, 0.1) is 32.1 Å². The molecular weight excluding hydrogens is 294 g/mol. The summed E-state index contributed by atoms with van der Waals surface area (Å²) < 4.78 is 2.19. The van der Waals surface area contributed by atoms with E-state index in [0.717, 1.165) is 24.4 Å². The lowest BCUT2D eigenvalue weighted by Crippen LogP contribution is -2.05. The van der Waals surface area contributed by atoms with Crippen molar-refractivity contribution in [2.24, 2.45) is 0 Å². The van der Waals surface area contributed by atoms with Gasteiger partial charge in [-0.1, -0.05) is 12.1 Å². The Labute approximate surface area is 143 Å². The highest BCUT2D eigenvalue weighted by molar-refractivity contribution is 5.36. The molecule has 0 fully saturated rings. The number of hydrogen-bond donors (Lipinski definition) is 0. The van der Waals surface area contributed by atoms with Crippen molar-refractivity contribution in [2.45, 2.75) is 33.6 Å². The summed E-state index contributed by atoms with van der Waals surface area (Å²) in [5.41, 5.74) is 6.57. The Morgan fingerprint density at radius 3 is 2.42 bits per heavy atom. The first-order valence-electron chi connectivity index (χ1n) is 8.19. The second-order valence-electron chi connectivity index (χ2n) is 6.26. The highest BCUT2D eigenvalue weighted by atomic mass is 15.1. The van der Waals surface area contributed by atoms with Gasteiger partial charge in [0.1, 0.15) is 5.82 Å². The topological polar surface area (TPSA) is 41.6 Å². The maximum Gasteiger partial charge on any atom is 0.137 e. The van der Waals surface area contributed by atoms with Crippen molar-refractivity contribution >= 4 is 0 Å². The fourth-order valence-corrected chi connectivity index (χ4v) is 3.06. The second-order valence-corrected chi connectivity index (χ2v) is 6.26. The number of nitrogens with zero attached hydrogens (tertiary/aromatic N) is 3. The molecule has 0 radical (unpaired) electrons. The molecule has 3 aromatic rings. The molecule has 1 aromatic carbocycles. The quantitative estimate of drug-likeness (QED) is 0.713. The Hall–Kier alpha value is -2.86. The van der Waals surface area contributed by atoms with E-state index in [9.17, 15) is 0 Å². The van der Waals surface area contributed by atoms with E-state index >= 15 is 0 Å². The number of benzene rings is 1. The molecule has 0 atom stereocenters. The Bertz CT molecular complexity index is 894. The monoisotopic (exact) mass is 315 g/mol. The van der Waals surface area contributed by atoms with Gasteiger partial charge in [-0.15, -0.1) is 0 Å². The van der Waals surface area contributed by atoms with E-state index in [1.165, 1.54) is 22.5 Å². The number of rotatable bonds is 4. The number of nitriles is 1. The fourth-order valence-electron chi connectivity index (χ4n) is 3.06.